The molecule has 10 aromatic carbocycles. The molecule has 1 saturated heterocycles. The molecule has 0 atom stereocenters. The predicted molar refractivity (Wildman–Crippen MR) is 404 cm³/mol. The zero-order chi connectivity index (χ0) is 72.6. The summed E-state index contributed by atoms with van der Waals surface area (Å²) in [7, 11) is -11.0. The van der Waals surface area contributed by atoms with Gasteiger partial charge in [-0.25, -0.2) is 39.2 Å². The maximum atomic E-state index is 12.4. The van der Waals surface area contributed by atoms with Crippen molar-refractivity contribution in [3.8, 4) is 23.0 Å². The molecule has 0 amide bonds. The Morgan fingerprint density at radius 1 is 0.461 bits per heavy atom. The minimum Gasteiger partial charge on any atom is -0.744 e. The van der Waals surface area contributed by atoms with Crippen molar-refractivity contribution >= 4 is 65.8 Å². The predicted octanol–water partition coefficient (Wildman–Crippen LogP) is 12.9. The number of fused-ring (bicyclic) bond motifs is 4. The van der Waals surface area contributed by atoms with E-state index in [9.17, 15) is 34.4 Å². The molecule has 1 N–H and O–H groups in total. The highest BCUT2D eigenvalue weighted by Gasteiger charge is 2.27. The lowest BCUT2D eigenvalue weighted by Gasteiger charge is -2.32. The number of benzene rings is 10. The number of nitrogens with zero attached hydrogens (tertiary/aromatic N) is 2. The summed E-state index contributed by atoms with van der Waals surface area (Å²) in [5.41, 5.74) is 20.2. The highest BCUT2D eigenvalue weighted by Crippen LogP contribution is 2.41. The SMILES string of the molecule is COOSN1CCN(CCCNS(C)(=O)=O)CC1.Cc1cccc(C)c1/C=c1\ccc2c(c1)Oc1cc(Cc3c(C)cccc3C)ccc1C=2c1ccccc1S(=O)(=O)[O-].Cc1cccc(C)c1/C=c1\ccc2c(c1)Oc1cc(Cc3c(C)cccc3C)ccc1C=2c1ccccc1S(=O)(=O)[O-]. The Balaban J connectivity index is 0.000000166. The first-order valence-corrected chi connectivity index (χ1v) is 39.1. The minimum absolute atomic E-state index is 0.246. The second kappa shape index (κ2) is 32.3. The summed E-state index contributed by atoms with van der Waals surface area (Å²) in [6.45, 7) is 22.0. The van der Waals surface area contributed by atoms with Crippen molar-refractivity contribution < 1.29 is 53.1 Å². The first-order chi connectivity index (χ1) is 48.7. The Labute approximate surface area is 604 Å². The summed E-state index contributed by atoms with van der Waals surface area (Å²) in [4.78, 5) is 6.35. The second-order valence-electron chi connectivity index (χ2n) is 26.1. The monoisotopic (exact) mass is 1440 g/mol. The van der Waals surface area contributed by atoms with Crippen LogP contribution in [0.15, 0.2) is 204 Å². The van der Waals surface area contributed by atoms with Gasteiger partial charge in [0.1, 0.15) is 55.5 Å². The fourth-order valence-corrected chi connectivity index (χ4v) is 15.8. The van der Waals surface area contributed by atoms with Gasteiger partial charge in [0, 0.05) is 76.6 Å². The molecular formula is C83H83N3O12S4-2. The number of hydrogen-bond donors (Lipinski definition) is 1. The zero-order valence-electron chi connectivity index (χ0n) is 58.9. The van der Waals surface area contributed by atoms with Gasteiger partial charge < -0.3 is 23.5 Å². The Kier molecular flexibility index (Phi) is 23.5. The third-order valence-electron chi connectivity index (χ3n) is 18.8. The first kappa shape index (κ1) is 74.4. The van der Waals surface area contributed by atoms with Gasteiger partial charge in [-0.1, -0.05) is 146 Å². The quantitative estimate of drug-likeness (QED) is 0.0212. The molecule has 15 nitrogen and oxygen atoms in total. The summed E-state index contributed by atoms with van der Waals surface area (Å²) in [5, 5.41) is 3.40. The van der Waals surface area contributed by atoms with E-state index in [2.05, 4.69) is 159 Å². The first-order valence-electron chi connectivity index (χ1n) is 33.7. The average molecular weight is 1440 g/mol. The summed E-state index contributed by atoms with van der Waals surface area (Å²) < 4.78 is 118. The number of piperazine rings is 1. The number of aryl methyl sites for hydroxylation is 8. The Bertz CT molecular complexity index is 5070. The molecule has 10 aromatic rings. The molecule has 0 unspecified atom stereocenters. The highest BCUT2D eigenvalue weighted by molar-refractivity contribution is 7.92. The van der Waals surface area contributed by atoms with Crippen LogP contribution in [0, 0.1) is 55.4 Å². The molecule has 0 radical (unpaired) electrons. The van der Waals surface area contributed by atoms with Crippen LogP contribution in [0.25, 0.3) is 23.3 Å². The van der Waals surface area contributed by atoms with Gasteiger partial charge in [0.15, 0.2) is 0 Å². The van der Waals surface area contributed by atoms with Crippen LogP contribution in [0.1, 0.15) is 107 Å². The van der Waals surface area contributed by atoms with Crippen LogP contribution in [0.5, 0.6) is 23.0 Å². The molecule has 3 heterocycles. The molecule has 0 aromatic heterocycles. The van der Waals surface area contributed by atoms with Gasteiger partial charge in [0.05, 0.1) is 23.2 Å². The number of rotatable bonds is 18. The fraction of sp³-hybridized carbons (Fsp3) is 0.229. The Morgan fingerprint density at radius 3 is 1.24 bits per heavy atom. The molecule has 102 heavy (non-hydrogen) atoms. The molecule has 0 spiro atoms. The van der Waals surface area contributed by atoms with E-state index in [0.29, 0.717) is 51.8 Å². The Morgan fingerprint density at radius 2 is 0.853 bits per heavy atom. The molecule has 0 saturated carbocycles. The fourth-order valence-electron chi connectivity index (χ4n) is 13.4. The van der Waals surface area contributed by atoms with E-state index in [0.717, 1.165) is 106 Å². The van der Waals surface area contributed by atoms with Crippen molar-refractivity contribution in [1.82, 2.24) is 13.9 Å². The minimum atomic E-state index is -4.72. The normalized spacial score (nSPS) is 14.1. The summed E-state index contributed by atoms with van der Waals surface area (Å²) >= 11 is 1.22. The van der Waals surface area contributed by atoms with Crippen LogP contribution in [-0.2, 0) is 52.3 Å². The smallest absolute Gasteiger partial charge is 0.208 e. The van der Waals surface area contributed by atoms with Crippen molar-refractivity contribution in [1.29, 1.82) is 0 Å². The van der Waals surface area contributed by atoms with Crippen molar-refractivity contribution in [3.63, 3.8) is 0 Å². The van der Waals surface area contributed by atoms with E-state index in [-0.39, 0.29) is 9.79 Å². The molecule has 528 valence electrons. The van der Waals surface area contributed by atoms with Crippen LogP contribution in [0.3, 0.4) is 0 Å². The molecule has 3 aliphatic rings. The maximum absolute atomic E-state index is 12.4. The van der Waals surface area contributed by atoms with Gasteiger partial charge in [0.2, 0.25) is 10.0 Å². The molecule has 13 rings (SSSR count). The lowest BCUT2D eigenvalue weighted by Crippen LogP contribution is -2.44. The van der Waals surface area contributed by atoms with E-state index < -0.39 is 30.3 Å². The van der Waals surface area contributed by atoms with Crippen molar-refractivity contribution in [2.75, 3.05) is 52.6 Å². The number of nitrogens with one attached hydrogen (secondary N) is 1. The van der Waals surface area contributed by atoms with Crippen LogP contribution in [-0.4, -0.2) is 96.2 Å². The second-order valence-corrected chi connectivity index (χ2v) is 31.5. The number of sulfonamides is 1. The van der Waals surface area contributed by atoms with Gasteiger partial charge in [-0.3, -0.25) is 0 Å². The molecule has 0 bridgehead atoms. The van der Waals surface area contributed by atoms with Gasteiger partial charge in [-0.2, -0.15) is 0 Å². The largest absolute Gasteiger partial charge is 0.744 e. The molecular weight excluding hydrogens is 1360 g/mol. The van der Waals surface area contributed by atoms with Crippen LogP contribution in [0.2, 0.25) is 0 Å². The summed E-state index contributed by atoms with van der Waals surface area (Å²) in [6.07, 6.45) is 7.76. The lowest BCUT2D eigenvalue weighted by molar-refractivity contribution is -0.164. The third kappa shape index (κ3) is 18.0. The highest BCUT2D eigenvalue weighted by atomic mass is 32.2. The van der Waals surface area contributed by atoms with Gasteiger partial charge in [-0.15, -0.1) is 4.33 Å². The topological polar surface area (TPSA) is 204 Å². The average Bonchev–Trinajstić information content (AvgIpc) is 0.749. The summed E-state index contributed by atoms with van der Waals surface area (Å²) in [6, 6.07) is 61.8. The zero-order valence-corrected chi connectivity index (χ0v) is 62.2. The van der Waals surface area contributed by atoms with E-state index in [1.807, 2.05) is 72.8 Å². The van der Waals surface area contributed by atoms with Crippen molar-refractivity contribution in [2.45, 2.75) is 84.4 Å². The number of ether oxygens (including phenoxy) is 2. The molecule has 19 heteroatoms. The number of hydrogen-bond acceptors (Lipinski definition) is 15. The van der Waals surface area contributed by atoms with Crippen LogP contribution >= 0.6 is 12.2 Å². The standard InChI is InChI=1S/2C37H32O4S.C9H21N3O4S2/c2*1-23-9-7-10-24(2)32(23)19-27-15-17-29-34(21-27)41-35-22-28(20-33-25(3)11-8-12-26(33)4)16-18-30(35)37(29)31-13-5-6-14-36(31)42(38,39)40;1-15-16-17-12-8-6-11(7-9-12)5-3-4-10-18(2,13)14/h2*5-19,21-22H,20H2,1-4H3,(H,38,39,40);10H,3-9H2,1-2H3/p-2/b2*27-19+;. The van der Waals surface area contributed by atoms with E-state index in [4.69, 9.17) is 13.8 Å². The van der Waals surface area contributed by atoms with Crippen molar-refractivity contribution in [2.24, 2.45) is 0 Å². The molecule has 1 fully saturated rings. The van der Waals surface area contributed by atoms with Crippen molar-refractivity contribution in [3.05, 3.63) is 315 Å². The van der Waals surface area contributed by atoms with Gasteiger partial charge in [0.25, 0.3) is 0 Å². The summed E-state index contributed by atoms with van der Waals surface area (Å²) in [5.74, 6) is 2.48. The van der Waals surface area contributed by atoms with Gasteiger partial charge in [-0.05, 0) is 230 Å². The van der Waals surface area contributed by atoms with Gasteiger partial charge >= 0.3 is 0 Å². The Hall–Kier alpha value is -8.80. The molecule has 3 aliphatic heterocycles. The van der Waals surface area contributed by atoms with E-state index in [1.165, 1.54) is 93.4 Å². The van der Waals surface area contributed by atoms with E-state index >= 15 is 0 Å². The maximum Gasteiger partial charge on any atom is 0.208 e. The van der Waals surface area contributed by atoms with Crippen LogP contribution in [0.4, 0.5) is 0 Å². The third-order valence-corrected chi connectivity index (χ3v) is 22.1. The van der Waals surface area contributed by atoms with E-state index in [1.54, 1.807) is 36.4 Å². The lowest BCUT2D eigenvalue weighted by atomic mass is 9.90. The molecule has 0 aliphatic carbocycles. The van der Waals surface area contributed by atoms with Crippen LogP contribution < -0.4 is 35.1 Å².